The molecule has 8 aromatic rings. The van der Waals surface area contributed by atoms with Crippen molar-refractivity contribution in [1.82, 2.24) is 0 Å². The maximum atomic E-state index is 6.86. The van der Waals surface area contributed by atoms with Crippen LogP contribution in [0.2, 0.25) is 0 Å². The van der Waals surface area contributed by atoms with Gasteiger partial charge in [-0.1, -0.05) is 129 Å². The highest BCUT2D eigenvalue weighted by molar-refractivity contribution is 6.17. The number of rotatable bonds is 4. The number of furan rings is 1. The van der Waals surface area contributed by atoms with Crippen LogP contribution in [-0.2, 0) is 5.41 Å². The van der Waals surface area contributed by atoms with Crippen molar-refractivity contribution < 1.29 is 4.42 Å². The minimum Gasteiger partial charge on any atom is -0.453 e. The molecule has 0 unspecified atom stereocenters. The van der Waals surface area contributed by atoms with E-state index in [-0.39, 0.29) is 5.41 Å². The Morgan fingerprint density at radius 1 is 0.467 bits per heavy atom. The van der Waals surface area contributed by atoms with Crippen molar-refractivity contribution in [3.63, 3.8) is 0 Å². The highest BCUT2D eigenvalue weighted by atomic mass is 16.3. The first kappa shape index (κ1) is 25.9. The average Bonchev–Trinajstić information content (AvgIpc) is 3.59. The molecule has 0 fully saturated rings. The van der Waals surface area contributed by atoms with Crippen molar-refractivity contribution in [2.45, 2.75) is 19.3 Å². The summed E-state index contributed by atoms with van der Waals surface area (Å²) >= 11 is 0. The van der Waals surface area contributed by atoms with Crippen LogP contribution in [-0.4, -0.2) is 0 Å². The topological polar surface area (TPSA) is 16.4 Å². The highest BCUT2D eigenvalue weighted by Gasteiger charge is 2.36. The van der Waals surface area contributed by atoms with Gasteiger partial charge in [0, 0.05) is 32.9 Å². The predicted octanol–water partition coefficient (Wildman–Crippen LogP) is 12.2. The van der Waals surface area contributed by atoms with E-state index in [1.807, 2.05) is 0 Å². The average molecular weight is 578 g/mol. The maximum Gasteiger partial charge on any atom is 0.159 e. The van der Waals surface area contributed by atoms with E-state index in [0.717, 1.165) is 44.4 Å². The first-order valence-electron chi connectivity index (χ1n) is 15.6. The van der Waals surface area contributed by atoms with Gasteiger partial charge in [-0.15, -0.1) is 0 Å². The molecule has 1 aliphatic rings. The molecule has 7 aromatic carbocycles. The Kier molecular flexibility index (Phi) is 5.58. The smallest absolute Gasteiger partial charge is 0.159 e. The van der Waals surface area contributed by atoms with Crippen molar-refractivity contribution in [3.05, 3.63) is 163 Å². The van der Waals surface area contributed by atoms with Gasteiger partial charge in [-0.3, -0.25) is 0 Å². The minimum atomic E-state index is -0.102. The van der Waals surface area contributed by atoms with Crippen molar-refractivity contribution in [3.8, 4) is 22.3 Å². The van der Waals surface area contributed by atoms with Gasteiger partial charge in [-0.05, 0) is 75.2 Å². The Labute approximate surface area is 262 Å². The van der Waals surface area contributed by atoms with E-state index in [9.17, 15) is 0 Å². The molecule has 214 valence electrons. The minimum absolute atomic E-state index is 0.102. The van der Waals surface area contributed by atoms with Crippen molar-refractivity contribution in [1.29, 1.82) is 0 Å². The Balaban J connectivity index is 1.28. The van der Waals surface area contributed by atoms with E-state index in [2.05, 4.69) is 170 Å². The molecule has 0 aliphatic heterocycles. The molecule has 0 saturated carbocycles. The van der Waals surface area contributed by atoms with Crippen molar-refractivity contribution in [2.24, 2.45) is 0 Å². The fraction of sp³-hybridized carbons (Fsp3) is 0.0698. The SMILES string of the molecule is CC1(C)c2ccccc2-c2ccc(N(c3ccc(-c4ccccc4)cc3)c3cccc4c3oc3c5ccccc5ccc43)cc21. The molecule has 2 nitrogen and oxygen atoms in total. The van der Waals surface area contributed by atoms with Gasteiger partial charge in [0.15, 0.2) is 5.58 Å². The van der Waals surface area contributed by atoms with Gasteiger partial charge in [0.25, 0.3) is 0 Å². The molecule has 1 heterocycles. The lowest BCUT2D eigenvalue weighted by atomic mass is 9.82. The second-order valence-electron chi connectivity index (χ2n) is 12.6. The van der Waals surface area contributed by atoms with Crippen molar-refractivity contribution in [2.75, 3.05) is 4.90 Å². The van der Waals surface area contributed by atoms with Gasteiger partial charge in [-0.25, -0.2) is 0 Å². The third-order valence-corrected chi connectivity index (χ3v) is 9.67. The molecule has 0 N–H and O–H groups in total. The van der Waals surface area contributed by atoms with Gasteiger partial charge in [-0.2, -0.15) is 0 Å². The van der Waals surface area contributed by atoms with E-state index in [1.54, 1.807) is 0 Å². The van der Waals surface area contributed by atoms with Crippen LogP contribution in [0.3, 0.4) is 0 Å². The first-order chi connectivity index (χ1) is 22.1. The number of anilines is 3. The molecule has 45 heavy (non-hydrogen) atoms. The fourth-order valence-corrected chi connectivity index (χ4v) is 7.38. The normalized spacial score (nSPS) is 13.3. The summed E-state index contributed by atoms with van der Waals surface area (Å²) in [6, 6.07) is 54.6. The lowest BCUT2D eigenvalue weighted by Gasteiger charge is -2.28. The van der Waals surface area contributed by atoms with Crippen LogP contribution < -0.4 is 4.90 Å². The predicted molar refractivity (Wildman–Crippen MR) is 189 cm³/mol. The Morgan fingerprint density at radius 3 is 2.00 bits per heavy atom. The summed E-state index contributed by atoms with van der Waals surface area (Å²) in [7, 11) is 0. The molecular weight excluding hydrogens is 546 g/mol. The van der Waals surface area contributed by atoms with Crippen LogP contribution in [0, 0.1) is 0 Å². The summed E-state index contributed by atoms with van der Waals surface area (Å²) in [5.41, 5.74) is 12.7. The van der Waals surface area contributed by atoms with Crippen LogP contribution >= 0.6 is 0 Å². The molecule has 1 aromatic heterocycles. The van der Waals surface area contributed by atoms with E-state index < -0.39 is 0 Å². The molecule has 0 spiro atoms. The zero-order valence-electron chi connectivity index (χ0n) is 25.3. The monoisotopic (exact) mass is 577 g/mol. The Hall–Kier alpha value is -5.60. The van der Waals surface area contributed by atoms with Crippen LogP contribution in [0.15, 0.2) is 156 Å². The number of fused-ring (bicyclic) bond motifs is 8. The summed E-state index contributed by atoms with van der Waals surface area (Å²) in [5.74, 6) is 0. The molecule has 9 rings (SSSR count). The van der Waals surface area contributed by atoms with Gasteiger partial charge >= 0.3 is 0 Å². The van der Waals surface area contributed by atoms with Crippen LogP contribution in [0.1, 0.15) is 25.0 Å². The Morgan fingerprint density at radius 2 is 1.13 bits per heavy atom. The standard InChI is InChI=1S/C43H31NO/c1-43(2)38-17-9-8-15-34(38)35-26-24-32(27-39(35)43)44(31-22-19-29(20-23-31)28-11-4-3-5-12-28)40-18-10-16-36-37-25-21-30-13-6-7-14-33(30)41(37)45-42(36)40/h3-27H,1-2H3. The molecular formula is C43H31NO. The quantitative estimate of drug-likeness (QED) is 0.207. The lowest BCUT2D eigenvalue weighted by Crippen LogP contribution is -2.16. The summed E-state index contributed by atoms with van der Waals surface area (Å²) in [5, 5.41) is 4.57. The second kappa shape index (κ2) is 9.70. The highest BCUT2D eigenvalue weighted by Crippen LogP contribution is 2.51. The fourth-order valence-electron chi connectivity index (χ4n) is 7.38. The molecule has 0 bridgehead atoms. The van der Waals surface area contributed by atoms with Crippen molar-refractivity contribution >= 4 is 49.8 Å². The third kappa shape index (κ3) is 3.89. The molecule has 0 saturated heterocycles. The van der Waals surface area contributed by atoms with E-state index in [4.69, 9.17) is 4.42 Å². The molecule has 0 atom stereocenters. The first-order valence-corrected chi connectivity index (χ1v) is 15.6. The molecule has 0 amide bonds. The number of hydrogen-bond acceptors (Lipinski definition) is 2. The molecule has 1 aliphatic carbocycles. The lowest BCUT2D eigenvalue weighted by molar-refractivity contribution is 0.660. The number of nitrogens with zero attached hydrogens (tertiary/aromatic N) is 1. The van der Waals surface area contributed by atoms with Crippen LogP contribution in [0.5, 0.6) is 0 Å². The van der Waals surface area contributed by atoms with Gasteiger partial charge in [0.1, 0.15) is 5.58 Å². The number of para-hydroxylation sites is 1. The maximum absolute atomic E-state index is 6.86. The zero-order valence-corrected chi connectivity index (χ0v) is 25.3. The Bertz CT molecular complexity index is 2400. The van der Waals surface area contributed by atoms with Gasteiger partial charge < -0.3 is 9.32 Å². The van der Waals surface area contributed by atoms with Crippen LogP contribution in [0.4, 0.5) is 17.1 Å². The van der Waals surface area contributed by atoms with Gasteiger partial charge in [0.2, 0.25) is 0 Å². The van der Waals surface area contributed by atoms with E-state index >= 15 is 0 Å². The zero-order chi connectivity index (χ0) is 30.1. The molecule has 0 radical (unpaired) electrons. The summed E-state index contributed by atoms with van der Waals surface area (Å²) < 4.78 is 6.86. The van der Waals surface area contributed by atoms with E-state index in [1.165, 1.54) is 38.8 Å². The summed E-state index contributed by atoms with van der Waals surface area (Å²) in [6.07, 6.45) is 0. The number of hydrogen-bond donors (Lipinski definition) is 0. The molecule has 2 heteroatoms. The second-order valence-corrected chi connectivity index (χ2v) is 12.6. The largest absolute Gasteiger partial charge is 0.453 e. The summed E-state index contributed by atoms with van der Waals surface area (Å²) in [6.45, 7) is 4.68. The number of benzene rings is 7. The summed E-state index contributed by atoms with van der Waals surface area (Å²) in [4.78, 5) is 2.36. The van der Waals surface area contributed by atoms with Gasteiger partial charge in [0.05, 0.1) is 5.69 Å². The third-order valence-electron chi connectivity index (χ3n) is 9.67. The van der Waals surface area contributed by atoms with E-state index in [0.29, 0.717) is 0 Å². The van der Waals surface area contributed by atoms with Crippen LogP contribution in [0.25, 0.3) is 55.0 Å².